The molecular weight excluding hydrogens is 395 g/mol. The molecule has 8 heteroatoms. The van der Waals surface area contributed by atoms with Crippen LogP contribution in [0, 0.1) is 11.7 Å². The monoisotopic (exact) mass is 422 g/mol. The average Bonchev–Trinajstić information content (AvgIpc) is 3.42. The van der Waals surface area contributed by atoms with E-state index in [9.17, 15) is 9.18 Å². The van der Waals surface area contributed by atoms with E-state index in [1.54, 1.807) is 10.7 Å². The number of halogens is 2. The van der Waals surface area contributed by atoms with Crippen LogP contribution in [-0.2, 0) is 23.1 Å². The molecule has 2 aliphatic rings. The third-order valence-corrected chi connectivity index (χ3v) is 5.71. The molecule has 158 valence electrons. The SMILES string of the molecule is Cl.Cn1cc([C@H]2CNC[C@@H]2C(=O)N(Cc2cccc(F)c2)CC2CCCO2)cn1. The smallest absolute Gasteiger partial charge is 0.228 e. The highest BCUT2D eigenvalue weighted by molar-refractivity contribution is 5.85. The second kappa shape index (κ2) is 9.69. The zero-order chi connectivity index (χ0) is 19.5. The van der Waals surface area contributed by atoms with Crippen LogP contribution in [0.5, 0.6) is 0 Å². The minimum absolute atomic E-state index is 0. The predicted octanol–water partition coefficient (Wildman–Crippen LogP) is 2.49. The van der Waals surface area contributed by atoms with Gasteiger partial charge in [-0.25, -0.2) is 4.39 Å². The van der Waals surface area contributed by atoms with E-state index < -0.39 is 0 Å². The van der Waals surface area contributed by atoms with Crippen molar-refractivity contribution in [3.05, 3.63) is 53.6 Å². The molecule has 1 aromatic carbocycles. The first-order chi connectivity index (χ1) is 13.6. The summed E-state index contributed by atoms with van der Waals surface area (Å²) in [5, 5.41) is 7.62. The molecular formula is C21H28ClFN4O2. The molecule has 2 aliphatic heterocycles. The Morgan fingerprint density at radius 3 is 2.97 bits per heavy atom. The molecule has 0 radical (unpaired) electrons. The van der Waals surface area contributed by atoms with Gasteiger partial charge in [0.05, 0.1) is 18.2 Å². The van der Waals surface area contributed by atoms with Gasteiger partial charge in [0.1, 0.15) is 5.82 Å². The zero-order valence-electron chi connectivity index (χ0n) is 16.6. The Morgan fingerprint density at radius 1 is 1.41 bits per heavy atom. The van der Waals surface area contributed by atoms with Crippen LogP contribution in [0.2, 0.25) is 0 Å². The third kappa shape index (κ3) is 5.15. The van der Waals surface area contributed by atoms with E-state index in [4.69, 9.17) is 4.74 Å². The summed E-state index contributed by atoms with van der Waals surface area (Å²) in [4.78, 5) is 15.4. The fraction of sp³-hybridized carbons (Fsp3) is 0.524. The van der Waals surface area contributed by atoms with Gasteiger partial charge in [0, 0.05) is 51.9 Å². The summed E-state index contributed by atoms with van der Waals surface area (Å²) in [5.74, 6) is -0.240. The third-order valence-electron chi connectivity index (χ3n) is 5.71. The van der Waals surface area contributed by atoms with Crippen LogP contribution in [0.4, 0.5) is 4.39 Å². The zero-order valence-corrected chi connectivity index (χ0v) is 17.4. The van der Waals surface area contributed by atoms with E-state index in [-0.39, 0.29) is 42.1 Å². The molecule has 2 fully saturated rings. The van der Waals surface area contributed by atoms with Gasteiger partial charge in [-0.15, -0.1) is 12.4 Å². The maximum Gasteiger partial charge on any atom is 0.228 e. The van der Waals surface area contributed by atoms with Crippen LogP contribution in [-0.4, -0.2) is 52.9 Å². The Hall–Kier alpha value is -1.96. The fourth-order valence-electron chi connectivity index (χ4n) is 4.28. The quantitative estimate of drug-likeness (QED) is 0.777. The molecule has 2 saturated heterocycles. The van der Waals surface area contributed by atoms with Gasteiger partial charge < -0.3 is 15.0 Å². The van der Waals surface area contributed by atoms with Crippen LogP contribution in [0.1, 0.15) is 29.9 Å². The number of aromatic nitrogens is 2. The van der Waals surface area contributed by atoms with Crippen LogP contribution in [0.15, 0.2) is 36.7 Å². The van der Waals surface area contributed by atoms with Gasteiger partial charge in [-0.3, -0.25) is 9.48 Å². The highest BCUT2D eigenvalue weighted by atomic mass is 35.5. The number of aryl methyl sites for hydroxylation is 1. The highest BCUT2D eigenvalue weighted by Crippen LogP contribution is 2.30. The number of nitrogens with one attached hydrogen (secondary N) is 1. The van der Waals surface area contributed by atoms with Gasteiger partial charge >= 0.3 is 0 Å². The van der Waals surface area contributed by atoms with Gasteiger partial charge in [-0.2, -0.15) is 5.10 Å². The first-order valence-corrected chi connectivity index (χ1v) is 9.94. The summed E-state index contributed by atoms with van der Waals surface area (Å²) >= 11 is 0. The van der Waals surface area contributed by atoms with Crippen molar-refractivity contribution in [3.8, 4) is 0 Å². The number of benzene rings is 1. The van der Waals surface area contributed by atoms with Crippen molar-refractivity contribution in [3.63, 3.8) is 0 Å². The summed E-state index contributed by atoms with van der Waals surface area (Å²) in [6.45, 7) is 3.09. The van der Waals surface area contributed by atoms with Crippen LogP contribution >= 0.6 is 12.4 Å². The maximum absolute atomic E-state index is 13.7. The van der Waals surface area contributed by atoms with Crippen molar-refractivity contribution in [2.75, 3.05) is 26.2 Å². The Bertz CT molecular complexity index is 825. The number of hydrogen-bond acceptors (Lipinski definition) is 4. The Balaban J connectivity index is 0.00000240. The number of rotatable bonds is 6. The lowest BCUT2D eigenvalue weighted by atomic mass is 9.89. The number of hydrogen-bond donors (Lipinski definition) is 1. The minimum atomic E-state index is -0.280. The summed E-state index contributed by atoms with van der Waals surface area (Å²) in [5.41, 5.74) is 1.88. The first kappa shape index (κ1) is 21.7. The molecule has 4 rings (SSSR count). The molecule has 3 heterocycles. The van der Waals surface area contributed by atoms with Crippen LogP contribution in [0.3, 0.4) is 0 Å². The number of ether oxygens (including phenoxy) is 1. The molecule has 0 saturated carbocycles. The summed E-state index contributed by atoms with van der Waals surface area (Å²) in [7, 11) is 1.89. The van der Waals surface area contributed by atoms with E-state index in [2.05, 4.69) is 10.4 Å². The average molecular weight is 423 g/mol. The van der Waals surface area contributed by atoms with Crippen LogP contribution in [0.25, 0.3) is 0 Å². The Morgan fingerprint density at radius 2 is 2.28 bits per heavy atom. The molecule has 29 heavy (non-hydrogen) atoms. The molecule has 0 bridgehead atoms. The van der Waals surface area contributed by atoms with Crippen molar-refractivity contribution in [2.24, 2.45) is 13.0 Å². The standard InChI is InChI=1S/C21H27FN4O2.ClH/c1-25-13-16(9-24-25)19-10-23-11-20(19)21(27)26(14-18-6-3-7-28-18)12-15-4-2-5-17(22)8-15;/h2,4-5,8-9,13,18-20,23H,3,6-7,10-12,14H2,1H3;1H/t18?,19-,20+;/m1./s1. The predicted molar refractivity (Wildman–Crippen MR) is 110 cm³/mol. The maximum atomic E-state index is 13.7. The lowest BCUT2D eigenvalue weighted by Crippen LogP contribution is -2.42. The topological polar surface area (TPSA) is 59.4 Å². The number of carbonyl (C=O) groups is 1. The van der Waals surface area contributed by atoms with E-state index >= 15 is 0 Å². The van der Waals surface area contributed by atoms with Crippen LogP contribution < -0.4 is 5.32 Å². The number of amides is 1. The summed E-state index contributed by atoms with van der Waals surface area (Å²) in [6, 6.07) is 6.48. The van der Waals surface area contributed by atoms with Gasteiger partial charge in [0.15, 0.2) is 0 Å². The lowest BCUT2D eigenvalue weighted by Gasteiger charge is -2.30. The Kier molecular flexibility index (Phi) is 7.27. The normalized spacial score (nSPS) is 23.7. The van der Waals surface area contributed by atoms with Crippen molar-refractivity contribution in [2.45, 2.75) is 31.4 Å². The van der Waals surface area contributed by atoms with E-state index in [0.29, 0.717) is 19.6 Å². The number of nitrogens with zero attached hydrogens (tertiary/aromatic N) is 3. The molecule has 1 unspecified atom stereocenters. The summed E-state index contributed by atoms with van der Waals surface area (Å²) < 4.78 is 21.2. The van der Waals surface area contributed by atoms with Crippen molar-refractivity contribution < 1.29 is 13.9 Å². The van der Waals surface area contributed by atoms with E-state index in [0.717, 1.165) is 37.1 Å². The van der Waals surface area contributed by atoms with Crippen molar-refractivity contribution in [1.29, 1.82) is 0 Å². The van der Waals surface area contributed by atoms with Gasteiger partial charge in [-0.05, 0) is 36.1 Å². The lowest BCUT2D eigenvalue weighted by molar-refractivity contribution is -0.137. The summed E-state index contributed by atoms with van der Waals surface area (Å²) in [6.07, 6.45) is 5.87. The second-order valence-corrected chi connectivity index (χ2v) is 7.80. The fourth-order valence-corrected chi connectivity index (χ4v) is 4.28. The molecule has 0 spiro atoms. The molecule has 6 nitrogen and oxygen atoms in total. The first-order valence-electron chi connectivity index (χ1n) is 9.94. The molecule has 1 N–H and O–H groups in total. The molecule has 3 atom stereocenters. The van der Waals surface area contributed by atoms with Gasteiger partial charge in [0.2, 0.25) is 5.91 Å². The number of carbonyl (C=O) groups excluding carboxylic acids is 1. The van der Waals surface area contributed by atoms with Crippen molar-refractivity contribution in [1.82, 2.24) is 20.0 Å². The van der Waals surface area contributed by atoms with E-state index in [1.165, 1.54) is 12.1 Å². The van der Waals surface area contributed by atoms with Crippen molar-refractivity contribution >= 4 is 18.3 Å². The Labute approximate surface area is 176 Å². The molecule has 2 aromatic rings. The van der Waals surface area contributed by atoms with Gasteiger partial charge in [0.25, 0.3) is 0 Å². The molecule has 1 amide bonds. The minimum Gasteiger partial charge on any atom is -0.376 e. The molecule has 1 aromatic heterocycles. The second-order valence-electron chi connectivity index (χ2n) is 7.80. The molecule has 0 aliphatic carbocycles. The largest absolute Gasteiger partial charge is 0.376 e. The highest BCUT2D eigenvalue weighted by Gasteiger charge is 2.38. The van der Waals surface area contributed by atoms with Gasteiger partial charge in [-0.1, -0.05) is 12.1 Å². The van der Waals surface area contributed by atoms with E-state index in [1.807, 2.05) is 30.4 Å².